The van der Waals surface area contributed by atoms with Crippen LogP contribution in [0.2, 0.25) is 0 Å². The van der Waals surface area contributed by atoms with E-state index in [0.717, 1.165) is 106 Å². The Hall–Kier alpha value is -10.5. The van der Waals surface area contributed by atoms with Crippen molar-refractivity contribution in [2.24, 2.45) is 0 Å². The first-order valence-electron chi connectivity index (χ1n) is 25.3. The van der Waals surface area contributed by atoms with E-state index in [1.807, 2.05) is 67.0 Å². The van der Waals surface area contributed by atoms with Crippen LogP contribution in [0.4, 0.5) is 34.1 Å². The predicted octanol–water partition coefficient (Wildman–Crippen LogP) is 16.8. The van der Waals surface area contributed by atoms with Gasteiger partial charge in [-0.3, -0.25) is 9.13 Å². The lowest BCUT2D eigenvalue weighted by Crippen LogP contribution is -2.10. The smallest absolute Gasteiger partial charge is 0.164 e. The van der Waals surface area contributed by atoms with Crippen LogP contribution in [0.15, 0.2) is 273 Å². The van der Waals surface area contributed by atoms with Crippen molar-refractivity contribution in [1.82, 2.24) is 34.1 Å². The molecule has 0 aliphatic rings. The van der Waals surface area contributed by atoms with Gasteiger partial charge in [-0.05, 0) is 121 Å². The maximum atomic E-state index is 5.20. The summed E-state index contributed by atoms with van der Waals surface area (Å²) >= 11 is 0. The predicted molar refractivity (Wildman–Crippen MR) is 310 cm³/mol. The van der Waals surface area contributed by atoms with Gasteiger partial charge in [-0.25, -0.2) is 24.9 Å². The van der Waals surface area contributed by atoms with Crippen LogP contribution in [-0.4, -0.2) is 34.1 Å². The average Bonchev–Trinajstić information content (AvgIpc) is 4.02. The molecule has 9 aromatic carbocycles. The lowest BCUT2D eigenvalue weighted by atomic mass is 10.1. The Bertz CT molecular complexity index is 4030. The minimum Gasteiger partial charge on any atom is -0.309 e. The lowest BCUT2D eigenvalue weighted by molar-refractivity contribution is 1.07. The van der Waals surface area contributed by atoms with Crippen LogP contribution >= 0.6 is 0 Å². The Labute approximate surface area is 438 Å². The number of fused-ring (bicyclic) bond motifs is 6. The van der Waals surface area contributed by atoms with Gasteiger partial charge in [0, 0.05) is 72.4 Å². The summed E-state index contributed by atoms with van der Waals surface area (Å²) in [6.45, 7) is 0. The number of benzene rings is 9. The van der Waals surface area contributed by atoms with E-state index in [2.05, 4.69) is 225 Å². The summed E-state index contributed by atoms with van der Waals surface area (Å²) in [6.07, 6.45) is 3.94. The van der Waals surface area contributed by atoms with Gasteiger partial charge in [0.15, 0.2) is 17.5 Å². The van der Waals surface area contributed by atoms with Gasteiger partial charge in [0.1, 0.15) is 11.3 Å². The maximum Gasteiger partial charge on any atom is 0.164 e. The molecule has 0 amide bonds. The standard InChI is InChI=1S/C67H45N9/c1-6-20-46(21-7-1)63-70-64(47-34-38-53(39-35-47)75-61-32-18-16-30-57(61)59-42-55(44-68-66(59)75)73(49-22-8-2-9-23-49)50-24-10-3-11-25-50)72-65(71-63)48-36-40-54(41-37-48)76-62-33-19-17-31-58(62)60-43-56(45-69-67(60)76)74(51-26-12-4-13-27-51)52-28-14-5-15-29-52/h1-45H. The molecule has 0 aliphatic carbocycles. The topological polar surface area (TPSA) is 80.8 Å². The number of para-hydroxylation sites is 6. The molecule has 0 radical (unpaired) electrons. The van der Waals surface area contributed by atoms with E-state index >= 15 is 0 Å². The van der Waals surface area contributed by atoms with Crippen LogP contribution < -0.4 is 9.80 Å². The molecular formula is C67H45N9. The summed E-state index contributed by atoms with van der Waals surface area (Å²) in [5, 5.41) is 4.37. The van der Waals surface area contributed by atoms with Crippen molar-refractivity contribution in [3.8, 4) is 45.5 Å². The fourth-order valence-electron chi connectivity index (χ4n) is 10.5. The van der Waals surface area contributed by atoms with Gasteiger partial charge in [0.05, 0.1) is 34.8 Å². The largest absolute Gasteiger partial charge is 0.309 e. The summed E-state index contributed by atoms with van der Waals surface area (Å²) in [4.78, 5) is 30.3. The summed E-state index contributed by atoms with van der Waals surface area (Å²) in [6, 6.07) is 90.2. The highest BCUT2D eigenvalue weighted by molar-refractivity contribution is 6.10. The molecule has 0 saturated carbocycles. The number of aromatic nitrogens is 7. The third-order valence-corrected chi connectivity index (χ3v) is 14.0. The second-order valence-electron chi connectivity index (χ2n) is 18.6. The quantitative estimate of drug-likeness (QED) is 0.128. The van der Waals surface area contributed by atoms with Crippen molar-refractivity contribution in [1.29, 1.82) is 0 Å². The second kappa shape index (κ2) is 18.8. The van der Waals surface area contributed by atoms with Crippen molar-refractivity contribution < 1.29 is 0 Å². The average molecular weight is 976 g/mol. The number of hydrogen-bond donors (Lipinski definition) is 0. The van der Waals surface area contributed by atoms with Crippen molar-refractivity contribution in [3.05, 3.63) is 273 Å². The third-order valence-electron chi connectivity index (χ3n) is 14.0. The fourth-order valence-corrected chi connectivity index (χ4v) is 10.5. The molecule has 0 saturated heterocycles. The van der Waals surface area contributed by atoms with Crippen LogP contribution in [0, 0.1) is 0 Å². The number of pyridine rings is 2. The van der Waals surface area contributed by atoms with E-state index in [1.54, 1.807) is 0 Å². The zero-order chi connectivity index (χ0) is 50.4. The molecule has 76 heavy (non-hydrogen) atoms. The first kappa shape index (κ1) is 44.2. The highest BCUT2D eigenvalue weighted by Gasteiger charge is 2.21. The molecule has 14 aromatic rings. The monoisotopic (exact) mass is 975 g/mol. The van der Waals surface area contributed by atoms with Crippen molar-refractivity contribution in [2.45, 2.75) is 0 Å². The third kappa shape index (κ3) is 7.87. The molecule has 0 unspecified atom stereocenters. The number of anilines is 6. The maximum absolute atomic E-state index is 5.20. The summed E-state index contributed by atoms with van der Waals surface area (Å²) in [7, 11) is 0. The van der Waals surface area contributed by atoms with E-state index in [-0.39, 0.29) is 0 Å². The Balaban J connectivity index is 0.826. The number of rotatable bonds is 11. The molecule has 5 heterocycles. The van der Waals surface area contributed by atoms with E-state index in [4.69, 9.17) is 24.9 Å². The summed E-state index contributed by atoms with van der Waals surface area (Å²) in [5.41, 5.74) is 14.7. The van der Waals surface area contributed by atoms with Gasteiger partial charge in [-0.15, -0.1) is 0 Å². The van der Waals surface area contributed by atoms with Crippen molar-refractivity contribution in [2.75, 3.05) is 9.80 Å². The van der Waals surface area contributed by atoms with Gasteiger partial charge in [0.25, 0.3) is 0 Å². The van der Waals surface area contributed by atoms with E-state index in [1.165, 1.54) is 0 Å². The highest BCUT2D eigenvalue weighted by Crippen LogP contribution is 2.41. The van der Waals surface area contributed by atoms with Gasteiger partial charge in [-0.1, -0.05) is 140 Å². The molecule has 358 valence electrons. The second-order valence-corrected chi connectivity index (χ2v) is 18.6. The Morgan fingerprint density at radius 2 is 0.566 bits per heavy atom. The SMILES string of the molecule is c1ccc(-c2nc(-c3ccc(-n4c5ccccc5c5cc(N(c6ccccc6)c6ccccc6)cnc54)cc3)nc(-c3ccc(-n4c5ccccc5c5cc(N(c6ccccc6)c6ccccc6)cnc54)cc3)n2)cc1. The minimum absolute atomic E-state index is 0.578. The molecular weight excluding hydrogens is 931 g/mol. The fraction of sp³-hybridized carbons (Fsp3) is 0. The Morgan fingerprint density at radius 1 is 0.263 bits per heavy atom. The van der Waals surface area contributed by atoms with E-state index in [9.17, 15) is 0 Å². The van der Waals surface area contributed by atoms with E-state index in [0.29, 0.717) is 17.5 Å². The molecule has 9 nitrogen and oxygen atoms in total. The molecule has 0 spiro atoms. The first-order valence-corrected chi connectivity index (χ1v) is 25.3. The molecule has 0 N–H and O–H groups in total. The van der Waals surface area contributed by atoms with Gasteiger partial charge < -0.3 is 9.80 Å². The van der Waals surface area contributed by atoms with Crippen molar-refractivity contribution in [3.63, 3.8) is 0 Å². The number of nitrogens with zero attached hydrogens (tertiary/aromatic N) is 9. The molecule has 0 bridgehead atoms. The van der Waals surface area contributed by atoms with Gasteiger partial charge >= 0.3 is 0 Å². The van der Waals surface area contributed by atoms with Crippen LogP contribution in [0.25, 0.3) is 89.4 Å². The van der Waals surface area contributed by atoms with Crippen LogP contribution in [0.1, 0.15) is 0 Å². The van der Waals surface area contributed by atoms with Gasteiger partial charge in [0.2, 0.25) is 0 Å². The molecule has 5 aromatic heterocycles. The van der Waals surface area contributed by atoms with E-state index < -0.39 is 0 Å². The zero-order valence-corrected chi connectivity index (χ0v) is 41.0. The molecule has 0 aliphatic heterocycles. The Morgan fingerprint density at radius 3 is 0.921 bits per heavy atom. The molecule has 0 atom stereocenters. The first-order chi connectivity index (χ1) is 37.7. The highest BCUT2D eigenvalue weighted by atomic mass is 15.2. The van der Waals surface area contributed by atoms with Gasteiger partial charge in [-0.2, -0.15) is 0 Å². The molecule has 9 heteroatoms. The summed E-state index contributed by atoms with van der Waals surface area (Å²) in [5.74, 6) is 1.75. The normalized spacial score (nSPS) is 11.4. The summed E-state index contributed by atoms with van der Waals surface area (Å²) < 4.78 is 4.47. The van der Waals surface area contributed by atoms with Crippen LogP contribution in [0.5, 0.6) is 0 Å². The lowest BCUT2D eigenvalue weighted by Gasteiger charge is -2.25. The molecule has 14 rings (SSSR count). The van der Waals surface area contributed by atoms with Crippen LogP contribution in [0.3, 0.4) is 0 Å². The van der Waals surface area contributed by atoms with Crippen molar-refractivity contribution >= 4 is 78.0 Å². The zero-order valence-electron chi connectivity index (χ0n) is 41.0. The minimum atomic E-state index is 0.578. The van der Waals surface area contributed by atoms with Crippen LogP contribution in [-0.2, 0) is 0 Å². The number of hydrogen-bond acceptors (Lipinski definition) is 7. The Kier molecular flexibility index (Phi) is 11.0. The molecule has 0 fully saturated rings.